The number of carbonyl (C=O) groups is 1. The smallest absolute Gasteiger partial charge is 0.325 e. The summed E-state index contributed by atoms with van der Waals surface area (Å²) in [6.07, 6.45) is 4.46. The minimum absolute atomic E-state index is 0.0501. The van der Waals surface area contributed by atoms with Crippen LogP contribution in [0.25, 0.3) is 11.2 Å². The number of pyridine rings is 1. The van der Waals surface area contributed by atoms with E-state index in [1.165, 1.54) is 12.8 Å². The predicted octanol–water partition coefficient (Wildman–Crippen LogP) is 1.27. The predicted molar refractivity (Wildman–Crippen MR) is 71.1 cm³/mol. The molecule has 0 atom stereocenters. The van der Waals surface area contributed by atoms with Gasteiger partial charge >= 0.3 is 5.69 Å². The summed E-state index contributed by atoms with van der Waals surface area (Å²) in [5.41, 5.74) is 1.15. The van der Waals surface area contributed by atoms with Crippen molar-refractivity contribution in [2.45, 2.75) is 25.7 Å². The Kier molecular flexibility index (Phi) is 3.06. The third kappa shape index (κ3) is 2.38. The van der Waals surface area contributed by atoms with Crippen molar-refractivity contribution in [3.8, 4) is 0 Å². The number of hydrogen-bond donors (Lipinski definition) is 2. The molecule has 1 aliphatic rings. The molecule has 6 nitrogen and oxygen atoms in total. The Morgan fingerprint density at radius 1 is 1.11 bits per heavy atom. The largest absolute Gasteiger partial charge is 0.337 e. The number of fused-ring (bicyclic) bond motifs is 1. The van der Waals surface area contributed by atoms with Crippen LogP contribution in [-0.4, -0.2) is 38.8 Å². The normalized spacial score (nSPS) is 16.5. The number of nitrogens with zero attached hydrogens (tertiary/aromatic N) is 2. The van der Waals surface area contributed by atoms with Gasteiger partial charge < -0.3 is 9.88 Å². The Labute approximate surface area is 109 Å². The average molecular weight is 260 g/mol. The fourth-order valence-electron chi connectivity index (χ4n) is 2.47. The lowest BCUT2D eigenvalue weighted by Crippen LogP contribution is -2.32. The number of nitrogens with one attached hydrogen (secondary N) is 2. The Morgan fingerprint density at radius 3 is 2.58 bits per heavy atom. The SMILES string of the molecule is O=C(c1ccc2[nH]c(=O)[nH]c2n1)N1CCCCCC1. The standard InChI is InChI=1S/C13H16N4O2/c18-12(17-7-3-1-2-4-8-17)10-6-5-9-11(14-10)16-13(19)15-9/h5-6H,1-4,7-8H2,(H2,14,15,16,19). The molecule has 6 heteroatoms. The molecule has 0 saturated carbocycles. The maximum absolute atomic E-state index is 12.4. The molecule has 2 N–H and O–H groups in total. The van der Waals surface area contributed by atoms with Crippen LogP contribution < -0.4 is 5.69 Å². The number of H-pyrrole nitrogens is 2. The molecule has 2 aromatic heterocycles. The van der Waals surface area contributed by atoms with Gasteiger partial charge in [0.05, 0.1) is 5.52 Å². The second-order valence-corrected chi connectivity index (χ2v) is 4.88. The number of hydrogen-bond acceptors (Lipinski definition) is 3. The van der Waals surface area contributed by atoms with Gasteiger partial charge in [0.2, 0.25) is 0 Å². The highest BCUT2D eigenvalue weighted by Crippen LogP contribution is 2.13. The summed E-state index contributed by atoms with van der Waals surface area (Å²) in [7, 11) is 0. The van der Waals surface area contributed by atoms with E-state index in [2.05, 4.69) is 15.0 Å². The first-order chi connectivity index (χ1) is 9.24. The van der Waals surface area contributed by atoms with Crippen LogP contribution in [0.15, 0.2) is 16.9 Å². The fourth-order valence-corrected chi connectivity index (χ4v) is 2.47. The Balaban J connectivity index is 1.89. The second kappa shape index (κ2) is 4.87. The van der Waals surface area contributed by atoms with E-state index in [9.17, 15) is 9.59 Å². The molecule has 3 heterocycles. The number of imidazole rings is 1. The zero-order valence-corrected chi connectivity index (χ0v) is 10.6. The van der Waals surface area contributed by atoms with Gasteiger partial charge in [-0.3, -0.25) is 9.78 Å². The lowest BCUT2D eigenvalue weighted by molar-refractivity contribution is 0.0756. The van der Waals surface area contributed by atoms with Crippen LogP contribution in [0.4, 0.5) is 0 Å². The van der Waals surface area contributed by atoms with E-state index in [1.807, 2.05) is 4.90 Å². The van der Waals surface area contributed by atoms with E-state index < -0.39 is 0 Å². The van der Waals surface area contributed by atoms with Gasteiger partial charge in [0.25, 0.3) is 5.91 Å². The van der Waals surface area contributed by atoms with Gasteiger partial charge in [-0.1, -0.05) is 12.8 Å². The van der Waals surface area contributed by atoms with Crippen molar-refractivity contribution >= 4 is 17.1 Å². The molecule has 19 heavy (non-hydrogen) atoms. The van der Waals surface area contributed by atoms with Gasteiger partial charge in [-0.05, 0) is 25.0 Å². The van der Waals surface area contributed by atoms with E-state index in [-0.39, 0.29) is 11.6 Å². The van der Waals surface area contributed by atoms with Crippen LogP contribution in [0, 0.1) is 0 Å². The van der Waals surface area contributed by atoms with Crippen molar-refractivity contribution in [2.75, 3.05) is 13.1 Å². The molecule has 2 aromatic rings. The third-order valence-electron chi connectivity index (χ3n) is 3.49. The summed E-state index contributed by atoms with van der Waals surface area (Å²) in [5.74, 6) is -0.0501. The van der Waals surface area contributed by atoms with Crippen molar-refractivity contribution in [3.63, 3.8) is 0 Å². The molecule has 1 amide bonds. The quantitative estimate of drug-likeness (QED) is 0.810. The molecule has 100 valence electrons. The molecule has 1 saturated heterocycles. The lowest BCUT2D eigenvalue weighted by atomic mass is 10.2. The van der Waals surface area contributed by atoms with Gasteiger partial charge in [0.1, 0.15) is 5.69 Å². The second-order valence-electron chi connectivity index (χ2n) is 4.88. The zero-order valence-electron chi connectivity index (χ0n) is 10.6. The highest BCUT2D eigenvalue weighted by molar-refractivity contribution is 5.94. The first-order valence-corrected chi connectivity index (χ1v) is 6.62. The maximum Gasteiger partial charge on any atom is 0.325 e. The first-order valence-electron chi connectivity index (χ1n) is 6.62. The third-order valence-corrected chi connectivity index (χ3v) is 3.49. The Hall–Kier alpha value is -2.11. The molecular formula is C13H16N4O2. The molecule has 0 aliphatic carbocycles. The molecule has 1 fully saturated rings. The molecule has 0 bridgehead atoms. The summed E-state index contributed by atoms with van der Waals surface area (Å²) in [6.45, 7) is 1.59. The van der Waals surface area contributed by atoms with Crippen LogP contribution in [0.3, 0.4) is 0 Å². The number of amides is 1. The first kappa shape index (κ1) is 12.0. The van der Waals surface area contributed by atoms with Gasteiger partial charge in [0, 0.05) is 13.1 Å². The highest BCUT2D eigenvalue weighted by Gasteiger charge is 2.18. The summed E-state index contributed by atoms with van der Waals surface area (Å²) in [6, 6.07) is 3.38. The monoisotopic (exact) mass is 260 g/mol. The van der Waals surface area contributed by atoms with Gasteiger partial charge in [-0.2, -0.15) is 0 Å². The van der Waals surface area contributed by atoms with Gasteiger partial charge in [-0.25, -0.2) is 9.78 Å². The van der Waals surface area contributed by atoms with Crippen molar-refractivity contribution in [2.24, 2.45) is 0 Å². The molecule has 0 aromatic carbocycles. The highest BCUT2D eigenvalue weighted by atomic mass is 16.2. The number of aromatic nitrogens is 3. The molecule has 0 radical (unpaired) electrons. The average Bonchev–Trinajstić information content (AvgIpc) is 2.63. The summed E-state index contributed by atoms with van der Waals surface area (Å²) in [5, 5.41) is 0. The summed E-state index contributed by atoms with van der Waals surface area (Å²) in [4.78, 5) is 34.8. The minimum atomic E-state index is -0.304. The van der Waals surface area contributed by atoms with Crippen molar-refractivity contribution < 1.29 is 4.79 Å². The molecule has 0 unspecified atom stereocenters. The topological polar surface area (TPSA) is 81.8 Å². The number of aromatic amines is 2. The summed E-state index contributed by atoms with van der Waals surface area (Å²) < 4.78 is 0. The van der Waals surface area contributed by atoms with Crippen LogP contribution in [-0.2, 0) is 0 Å². The van der Waals surface area contributed by atoms with Crippen molar-refractivity contribution in [1.29, 1.82) is 0 Å². The fraction of sp³-hybridized carbons (Fsp3) is 0.462. The van der Waals surface area contributed by atoms with E-state index in [4.69, 9.17) is 0 Å². The van der Waals surface area contributed by atoms with Gasteiger partial charge in [-0.15, -0.1) is 0 Å². The molecule has 1 aliphatic heterocycles. The molecule has 0 spiro atoms. The Bertz CT molecular complexity index is 650. The molecule has 3 rings (SSSR count). The van der Waals surface area contributed by atoms with Crippen LogP contribution in [0.5, 0.6) is 0 Å². The van der Waals surface area contributed by atoms with Gasteiger partial charge in [0.15, 0.2) is 5.65 Å². The van der Waals surface area contributed by atoms with Crippen LogP contribution in [0.2, 0.25) is 0 Å². The zero-order chi connectivity index (χ0) is 13.2. The number of rotatable bonds is 1. The minimum Gasteiger partial charge on any atom is -0.337 e. The van der Waals surface area contributed by atoms with Crippen molar-refractivity contribution in [1.82, 2.24) is 19.9 Å². The maximum atomic E-state index is 12.4. The van der Waals surface area contributed by atoms with E-state index >= 15 is 0 Å². The van der Waals surface area contributed by atoms with Crippen LogP contribution >= 0.6 is 0 Å². The number of likely N-dealkylation sites (tertiary alicyclic amines) is 1. The Morgan fingerprint density at radius 2 is 1.84 bits per heavy atom. The van der Waals surface area contributed by atoms with E-state index in [0.29, 0.717) is 16.9 Å². The molecular weight excluding hydrogens is 244 g/mol. The van der Waals surface area contributed by atoms with Crippen molar-refractivity contribution in [3.05, 3.63) is 28.3 Å². The summed E-state index contributed by atoms with van der Waals surface area (Å²) >= 11 is 0. The van der Waals surface area contributed by atoms with E-state index in [1.54, 1.807) is 12.1 Å². The van der Waals surface area contributed by atoms with E-state index in [0.717, 1.165) is 25.9 Å². The van der Waals surface area contributed by atoms with Crippen LogP contribution in [0.1, 0.15) is 36.2 Å². The lowest BCUT2D eigenvalue weighted by Gasteiger charge is -2.19. The number of carbonyl (C=O) groups excluding carboxylic acids is 1.